The number of anilines is 1. The number of hydrogen-bond donors (Lipinski definition) is 2. The van der Waals surface area contributed by atoms with Crippen molar-refractivity contribution in [3.05, 3.63) is 28.2 Å². The van der Waals surface area contributed by atoms with E-state index in [1.54, 1.807) is 18.2 Å². The highest BCUT2D eigenvalue weighted by atomic mass is 35.5. The third-order valence-electron chi connectivity index (χ3n) is 2.27. The molecule has 0 aliphatic carbocycles. The summed E-state index contributed by atoms with van der Waals surface area (Å²) in [5.41, 5.74) is 0.614. The smallest absolute Gasteiger partial charge is 0.319 e. The summed E-state index contributed by atoms with van der Waals surface area (Å²) >= 11 is 17.2. The predicted octanol–water partition coefficient (Wildman–Crippen LogP) is 4.52. The van der Waals surface area contributed by atoms with Crippen molar-refractivity contribution in [2.75, 3.05) is 17.7 Å². The van der Waals surface area contributed by atoms with E-state index in [0.717, 1.165) is 19.3 Å². The molecule has 1 aromatic rings. The van der Waals surface area contributed by atoms with Gasteiger partial charge in [-0.15, -0.1) is 11.6 Å². The van der Waals surface area contributed by atoms with E-state index in [-0.39, 0.29) is 6.03 Å². The summed E-state index contributed by atoms with van der Waals surface area (Å²) in [6, 6.07) is 4.69. The number of urea groups is 1. The normalized spacial score (nSPS) is 10.2. The minimum Gasteiger partial charge on any atom is -0.338 e. The highest BCUT2D eigenvalue weighted by molar-refractivity contribution is 6.42. The van der Waals surface area contributed by atoms with E-state index in [0.29, 0.717) is 28.2 Å². The summed E-state index contributed by atoms with van der Waals surface area (Å²) in [7, 11) is 0. The summed E-state index contributed by atoms with van der Waals surface area (Å²) in [6.45, 7) is 0.629. The van der Waals surface area contributed by atoms with Gasteiger partial charge in [0.15, 0.2) is 0 Å². The van der Waals surface area contributed by atoms with Gasteiger partial charge in [-0.05, 0) is 31.0 Å². The van der Waals surface area contributed by atoms with Crippen molar-refractivity contribution in [1.82, 2.24) is 5.32 Å². The van der Waals surface area contributed by atoms with Crippen LogP contribution in [0.4, 0.5) is 10.5 Å². The second kappa shape index (κ2) is 8.46. The number of halogens is 3. The second-order valence-corrected chi connectivity index (χ2v) is 4.95. The number of benzene rings is 1. The van der Waals surface area contributed by atoms with E-state index in [1.165, 1.54) is 0 Å². The molecule has 0 bridgehead atoms. The Morgan fingerprint density at radius 1 is 1.11 bits per heavy atom. The fourth-order valence-electron chi connectivity index (χ4n) is 1.35. The van der Waals surface area contributed by atoms with E-state index in [2.05, 4.69) is 10.6 Å². The van der Waals surface area contributed by atoms with Crippen LogP contribution in [-0.2, 0) is 0 Å². The number of alkyl halides is 1. The minimum absolute atomic E-state index is 0.251. The average molecular weight is 310 g/mol. The number of amides is 2. The number of nitrogens with one attached hydrogen (secondary N) is 2. The first-order chi connectivity index (χ1) is 8.63. The van der Waals surface area contributed by atoms with E-state index < -0.39 is 0 Å². The molecule has 0 heterocycles. The molecule has 1 aromatic carbocycles. The molecule has 6 heteroatoms. The van der Waals surface area contributed by atoms with Crippen molar-refractivity contribution in [2.24, 2.45) is 0 Å². The van der Waals surface area contributed by atoms with Crippen molar-refractivity contribution in [1.29, 1.82) is 0 Å². The maximum absolute atomic E-state index is 11.5. The van der Waals surface area contributed by atoms with Crippen molar-refractivity contribution in [3.63, 3.8) is 0 Å². The van der Waals surface area contributed by atoms with E-state index in [1.807, 2.05) is 0 Å². The van der Waals surface area contributed by atoms with Crippen LogP contribution in [0.3, 0.4) is 0 Å². The van der Waals surface area contributed by atoms with Crippen molar-refractivity contribution in [3.8, 4) is 0 Å². The Kier molecular flexibility index (Phi) is 7.25. The number of carbonyl (C=O) groups excluding carboxylic acids is 1. The third-order valence-corrected chi connectivity index (χ3v) is 3.28. The molecule has 0 aromatic heterocycles. The zero-order valence-electron chi connectivity index (χ0n) is 9.81. The van der Waals surface area contributed by atoms with Crippen LogP contribution in [0.25, 0.3) is 0 Å². The van der Waals surface area contributed by atoms with Gasteiger partial charge in [0.25, 0.3) is 0 Å². The molecular weight excluding hydrogens is 295 g/mol. The van der Waals surface area contributed by atoms with Crippen molar-refractivity contribution < 1.29 is 4.79 Å². The number of carbonyl (C=O) groups is 1. The lowest BCUT2D eigenvalue weighted by atomic mass is 10.2. The van der Waals surface area contributed by atoms with Gasteiger partial charge in [0, 0.05) is 18.1 Å². The molecule has 0 saturated heterocycles. The molecule has 0 aliphatic heterocycles. The number of hydrogen-bond acceptors (Lipinski definition) is 1. The number of rotatable bonds is 6. The molecule has 2 amide bonds. The molecule has 100 valence electrons. The topological polar surface area (TPSA) is 41.1 Å². The highest BCUT2D eigenvalue weighted by Crippen LogP contribution is 2.24. The highest BCUT2D eigenvalue weighted by Gasteiger charge is 2.03. The fraction of sp³-hybridized carbons (Fsp3) is 0.417. The Morgan fingerprint density at radius 2 is 1.89 bits per heavy atom. The molecule has 3 nitrogen and oxygen atoms in total. The number of unbranched alkanes of at least 4 members (excludes halogenated alkanes) is 2. The van der Waals surface area contributed by atoms with Gasteiger partial charge in [0.05, 0.1) is 10.0 Å². The van der Waals surface area contributed by atoms with Gasteiger partial charge >= 0.3 is 6.03 Å². The molecule has 18 heavy (non-hydrogen) atoms. The summed E-state index contributed by atoms with van der Waals surface area (Å²) < 4.78 is 0. The quantitative estimate of drug-likeness (QED) is 0.588. The van der Waals surface area contributed by atoms with Gasteiger partial charge < -0.3 is 10.6 Å². The van der Waals surface area contributed by atoms with E-state index in [9.17, 15) is 4.79 Å². The van der Waals surface area contributed by atoms with Gasteiger partial charge in [-0.2, -0.15) is 0 Å². The SMILES string of the molecule is O=C(NCCCCCCl)Nc1ccc(Cl)c(Cl)c1. The maximum atomic E-state index is 11.5. The molecule has 2 N–H and O–H groups in total. The Bertz CT molecular complexity index is 399. The zero-order valence-corrected chi connectivity index (χ0v) is 12.1. The van der Waals surface area contributed by atoms with Gasteiger partial charge in [0.2, 0.25) is 0 Å². The first-order valence-electron chi connectivity index (χ1n) is 5.69. The van der Waals surface area contributed by atoms with Crippen LogP contribution >= 0.6 is 34.8 Å². The van der Waals surface area contributed by atoms with Crippen LogP contribution in [-0.4, -0.2) is 18.5 Å². The molecular formula is C12H15Cl3N2O. The first kappa shape index (κ1) is 15.4. The Labute approximate surface area is 122 Å². The van der Waals surface area contributed by atoms with Crippen LogP contribution in [0.1, 0.15) is 19.3 Å². The molecule has 0 radical (unpaired) electrons. The standard InChI is InChI=1S/C12H15Cl3N2O/c13-6-2-1-3-7-16-12(18)17-9-4-5-10(14)11(15)8-9/h4-5,8H,1-3,6-7H2,(H2,16,17,18). The van der Waals surface area contributed by atoms with Crippen molar-refractivity contribution >= 4 is 46.5 Å². The van der Waals surface area contributed by atoms with E-state index in [4.69, 9.17) is 34.8 Å². The van der Waals surface area contributed by atoms with Gasteiger partial charge in [-0.3, -0.25) is 0 Å². The zero-order chi connectivity index (χ0) is 13.4. The summed E-state index contributed by atoms with van der Waals surface area (Å²) in [5.74, 6) is 0.662. The first-order valence-corrected chi connectivity index (χ1v) is 6.98. The predicted molar refractivity (Wildman–Crippen MR) is 78.1 cm³/mol. The minimum atomic E-state index is -0.251. The summed E-state index contributed by atoms with van der Waals surface area (Å²) in [6.07, 6.45) is 2.90. The maximum Gasteiger partial charge on any atom is 0.319 e. The monoisotopic (exact) mass is 308 g/mol. The Morgan fingerprint density at radius 3 is 2.56 bits per heavy atom. The molecule has 0 saturated carbocycles. The Hall–Kier alpha value is -0.640. The third kappa shape index (κ3) is 5.80. The van der Waals surface area contributed by atoms with Crippen molar-refractivity contribution in [2.45, 2.75) is 19.3 Å². The molecule has 0 atom stereocenters. The van der Waals surface area contributed by atoms with Crippen LogP contribution in [0.5, 0.6) is 0 Å². The summed E-state index contributed by atoms with van der Waals surface area (Å²) in [5, 5.41) is 6.31. The van der Waals surface area contributed by atoms with Crippen LogP contribution in [0.15, 0.2) is 18.2 Å². The van der Waals surface area contributed by atoms with Crippen LogP contribution in [0.2, 0.25) is 10.0 Å². The second-order valence-electron chi connectivity index (χ2n) is 3.76. The molecule has 0 fully saturated rings. The summed E-state index contributed by atoms with van der Waals surface area (Å²) in [4.78, 5) is 11.5. The average Bonchev–Trinajstić information content (AvgIpc) is 2.34. The lowest BCUT2D eigenvalue weighted by molar-refractivity contribution is 0.252. The molecule has 1 rings (SSSR count). The Balaban J connectivity index is 2.29. The van der Waals surface area contributed by atoms with Crippen LogP contribution < -0.4 is 10.6 Å². The van der Waals surface area contributed by atoms with Gasteiger partial charge in [-0.1, -0.05) is 29.6 Å². The van der Waals surface area contributed by atoms with Gasteiger partial charge in [0.1, 0.15) is 0 Å². The van der Waals surface area contributed by atoms with Crippen LogP contribution in [0, 0.1) is 0 Å². The largest absolute Gasteiger partial charge is 0.338 e. The lowest BCUT2D eigenvalue weighted by Crippen LogP contribution is -2.29. The molecule has 0 aliphatic rings. The lowest BCUT2D eigenvalue weighted by Gasteiger charge is -2.08. The molecule has 0 spiro atoms. The van der Waals surface area contributed by atoms with Gasteiger partial charge in [-0.25, -0.2) is 4.79 Å². The van der Waals surface area contributed by atoms with E-state index >= 15 is 0 Å². The fourth-order valence-corrected chi connectivity index (χ4v) is 1.83. The molecule has 0 unspecified atom stereocenters.